The van der Waals surface area contributed by atoms with Crippen LogP contribution in [0.15, 0.2) is 24.8 Å². The highest BCUT2D eigenvalue weighted by Gasteiger charge is 2.01. The van der Waals surface area contributed by atoms with Crippen molar-refractivity contribution in [3.8, 4) is 5.95 Å². The maximum Gasteiger partial charge on any atom is 0.250 e. The van der Waals surface area contributed by atoms with E-state index in [-0.39, 0.29) is 0 Å². The zero-order valence-corrected chi connectivity index (χ0v) is 11.8. The summed E-state index contributed by atoms with van der Waals surface area (Å²) in [6, 6.07) is 0. The van der Waals surface area contributed by atoms with E-state index in [9.17, 15) is 0 Å². The van der Waals surface area contributed by atoms with Crippen LogP contribution >= 0.6 is 22.6 Å². The Bertz CT molecular complexity index is 465. The van der Waals surface area contributed by atoms with Gasteiger partial charge in [0.25, 0.3) is 0 Å². The molecule has 2 aromatic heterocycles. The van der Waals surface area contributed by atoms with Crippen molar-refractivity contribution in [2.24, 2.45) is 0 Å². The molecular weight excluding hydrogens is 329 g/mol. The third-order valence-electron chi connectivity index (χ3n) is 2.20. The third-order valence-corrected chi connectivity index (χ3v) is 2.76. The molecule has 0 radical (unpaired) electrons. The highest BCUT2D eigenvalue weighted by molar-refractivity contribution is 14.1. The standard InChI is InChI=1S/C11H14IN5/c1-2-3-13-4-9-5-14-11(15-6-9)17-8-10(12)7-16-17/h5-8,13H,2-4H2,1H3. The summed E-state index contributed by atoms with van der Waals surface area (Å²) in [6.07, 6.45) is 8.47. The molecule has 2 heterocycles. The summed E-state index contributed by atoms with van der Waals surface area (Å²) in [6.45, 7) is 3.97. The highest BCUT2D eigenvalue weighted by Crippen LogP contribution is 2.05. The zero-order valence-electron chi connectivity index (χ0n) is 9.60. The quantitative estimate of drug-likeness (QED) is 0.664. The van der Waals surface area contributed by atoms with Gasteiger partial charge >= 0.3 is 0 Å². The van der Waals surface area contributed by atoms with E-state index >= 15 is 0 Å². The van der Waals surface area contributed by atoms with Gasteiger partial charge in [0.05, 0.1) is 9.77 Å². The van der Waals surface area contributed by atoms with Crippen LogP contribution in [0.25, 0.3) is 5.95 Å². The predicted molar refractivity (Wildman–Crippen MR) is 73.9 cm³/mol. The lowest BCUT2D eigenvalue weighted by Gasteiger charge is -2.03. The van der Waals surface area contributed by atoms with Crippen LogP contribution in [0.3, 0.4) is 0 Å². The van der Waals surface area contributed by atoms with E-state index in [1.54, 1.807) is 10.9 Å². The Kier molecular flexibility index (Phi) is 4.43. The first-order valence-electron chi connectivity index (χ1n) is 5.52. The number of hydrogen-bond acceptors (Lipinski definition) is 4. The normalized spacial score (nSPS) is 10.7. The highest BCUT2D eigenvalue weighted by atomic mass is 127. The van der Waals surface area contributed by atoms with Crippen LogP contribution < -0.4 is 5.32 Å². The fourth-order valence-corrected chi connectivity index (χ4v) is 1.77. The Hall–Kier alpha value is -1.02. The van der Waals surface area contributed by atoms with E-state index in [0.717, 1.165) is 28.6 Å². The summed E-state index contributed by atoms with van der Waals surface area (Å²) in [5, 5.41) is 7.47. The van der Waals surface area contributed by atoms with Crippen LogP contribution in [-0.2, 0) is 6.54 Å². The second kappa shape index (κ2) is 6.06. The minimum absolute atomic E-state index is 0.604. The average molecular weight is 343 g/mol. The van der Waals surface area contributed by atoms with Crippen LogP contribution in [0.5, 0.6) is 0 Å². The van der Waals surface area contributed by atoms with Crippen molar-refractivity contribution in [1.82, 2.24) is 25.1 Å². The van der Waals surface area contributed by atoms with E-state index in [1.165, 1.54) is 0 Å². The van der Waals surface area contributed by atoms with E-state index in [2.05, 4.69) is 49.9 Å². The van der Waals surface area contributed by atoms with E-state index in [0.29, 0.717) is 5.95 Å². The van der Waals surface area contributed by atoms with Gasteiger partial charge in [0.1, 0.15) is 0 Å². The largest absolute Gasteiger partial charge is 0.313 e. The zero-order chi connectivity index (χ0) is 12.1. The van der Waals surface area contributed by atoms with Gasteiger partial charge in [0.2, 0.25) is 5.95 Å². The molecule has 0 saturated heterocycles. The van der Waals surface area contributed by atoms with Crippen molar-refractivity contribution in [3.05, 3.63) is 33.9 Å². The van der Waals surface area contributed by atoms with Crippen molar-refractivity contribution in [3.63, 3.8) is 0 Å². The molecule has 5 nitrogen and oxygen atoms in total. The maximum atomic E-state index is 4.29. The Balaban J connectivity index is 2.02. The van der Waals surface area contributed by atoms with Crippen molar-refractivity contribution < 1.29 is 0 Å². The first kappa shape index (κ1) is 12.4. The second-order valence-electron chi connectivity index (χ2n) is 3.67. The molecule has 0 aliphatic rings. The van der Waals surface area contributed by atoms with Crippen LogP contribution in [0.1, 0.15) is 18.9 Å². The van der Waals surface area contributed by atoms with Crippen LogP contribution in [0.2, 0.25) is 0 Å². The summed E-state index contributed by atoms with van der Waals surface area (Å²) in [4.78, 5) is 8.57. The molecule has 0 amide bonds. The summed E-state index contributed by atoms with van der Waals surface area (Å²) in [5.74, 6) is 0.604. The second-order valence-corrected chi connectivity index (χ2v) is 4.92. The molecule has 0 aliphatic carbocycles. The smallest absolute Gasteiger partial charge is 0.250 e. The molecule has 0 fully saturated rings. The van der Waals surface area contributed by atoms with Gasteiger partial charge in [-0.3, -0.25) is 0 Å². The van der Waals surface area contributed by atoms with Gasteiger partial charge < -0.3 is 5.32 Å². The fraction of sp³-hybridized carbons (Fsp3) is 0.364. The number of nitrogens with one attached hydrogen (secondary N) is 1. The van der Waals surface area contributed by atoms with Crippen molar-refractivity contribution in [2.45, 2.75) is 19.9 Å². The summed E-state index contributed by atoms with van der Waals surface area (Å²) >= 11 is 2.21. The summed E-state index contributed by atoms with van der Waals surface area (Å²) in [7, 11) is 0. The van der Waals surface area contributed by atoms with Gasteiger partial charge in [0.15, 0.2) is 0 Å². The molecule has 0 atom stereocenters. The van der Waals surface area contributed by atoms with Gasteiger partial charge in [-0.2, -0.15) is 5.10 Å². The van der Waals surface area contributed by atoms with Gasteiger partial charge in [-0.15, -0.1) is 0 Å². The molecule has 2 rings (SSSR count). The molecule has 0 saturated carbocycles. The topological polar surface area (TPSA) is 55.6 Å². The number of rotatable bonds is 5. The SMILES string of the molecule is CCCNCc1cnc(-n2cc(I)cn2)nc1. The average Bonchev–Trinajstić information content (AvgIpc) is 2.77. The summed E-state index contributed by atoms with van der Waals surface area (Å²) < 4.78 is 2.74. The molecule has 0 bridgehead atoms. The van der Waals surface area contributed by atoms with Gasteiger partial charge in [0, 0.05) is 30.7 Å². The third kappa shape index (κ3) is 3.47. The molecule has 90 valence electrons. The monoisotopic (exact) mass is 343 g/mol. The molecule has 1 N–H and O–H groups in total. The Morgan fingerprint density at radius 2 is 2.06 bits per heavy atom. The molecular formula is C11H14IN5. The van der Waals surface area contributed by atoms with E-state index < -0.39 is 0 Å². The van der Waals surface area contributed by atoms with Crippen molar-refractivity contribution >= 4 is 22.6 Å². The van der Waals surface area contributed by atoms with Crippen LogP contribution in [-0.4, -0.2) is 26.3 Å². The van der Waals surface area contributed by atoms with Gasteiger partial charge in [-0.1, -0.05) is 6.92 Å². The molecule has 0 aliphatic heterocycles. The number of hydrogen-bond donors (Lipinski definition) is 1. The molecule has 6 heteroatoms. The van der Waals surface area contributed by atoms with Gasteiger partial charge in [-0.05, 0) is 35.6 Å². The Labute approximate surface area is 114 Å². The minimum Gasteiger partial charge on any atom is -0.313 e. The lowest BCUT2D eigenvalue weighted by atomic mass is 10.3. The van der Waals surface area contributed by atoms with Crippen molar-refractivity contribution in [2.75, 3.05) is 6.54 Å². The first-order valence-corrected chi connectivity index (χ1v) is 6.59. The van der Waals surface area contributed by atoms with Gasteiger partial charge in [-0.25, -0.2) is 14.6 Å². The number of nitrogens with zero attached hydrogens (tertiary/aromatic N) is 4. The first-order chi connectivity index (χ1) is 8.29. The fourth-order valence-electron chi connectivity index (χ4n) is 1.38. The number of aromatic nitrogens is 4. The van der Waals surface area contributed by atoms with Crippen molar-refractivity contribution in [1.29, 1.82) is 0 Å². The Morgan fingerprint density at radius 1 is 1.29 bits per heavy atom. The predicted octanol–water partition coefficient (Wildman–Crippen LogP) is 1.77. The van der Waals surface area contributed by atoms with E-state index in [1.807, 2.05) is 18.6 Å². The Morgan fingerprint density at radius 3 is 2.65 bits per heavy atom. The molecule has 0 aromatic carbocycles. The number of halogens is 1. The molecule has 17 heavy (non-hydrogen) atoms. The van der Waals surface area contributed by atoms with Crippen LogP contribution in [0.4, 0.5) is 0 Å². The lowest BCUT2D eigenvalue weighted by Crippen LogP contribution is -2.14. The summed E-state index contributed by atoms with van der Waals surface area (Å²) in [5.41, 5.74) is 1.09. The molecule has 2 aromatic rings. The van der Waals surface area contributed by atoms with E-state index in [4.69, 9.17) is 0 Å². The maximum absolute atomic E-state index is 4.29. The lowest BCUT2D eigenvalue weighted by molar-refractivity contribution is 0.669. The van der Waals surface area contributed by atoms with Crippen LogP contribution in [0, 0.1) is 3.57 Å². The molecule has 0 spiro atoms. The molecule has 0 unspecified atom stereocenters. The minimum atomic E-state index is 0.604.